The molecule has 1 N–H and O–H groups in total. The van der Waals surface area contributed by atoms with Gasteiger partial charge in [0, 0.05) is 17.4 Å². The van der Waals surface area contributed by atoms with E-state index in [9.17, 15) is 18.0 Å². The summed E-state index contributed by atoms with van der Waals surface area (Å²) in [5.41, 5.74) is 2.40. The van der Waals surface area contributed by atoms with Crippen LogP contribution in [0.15, 0.2) is 85.2 Å². The van der Waals surface area contributed by atoms with Gasteiger partial charge in [-0.2, -0.15) is 0 Å². The molecule has 162 valence electrons. The van der Waals surface area contributed by atoms with Crippen molar-refractivity contribution < 1.29 is 18.0 Å². The molecular formula is C25H15F3N4O. The molecule has 0 saturated heterocycles. The first kappa shape index (κ1) is 20.4. The number of amides is 1. The van der Waals surface area contributed by atoms with E-state index in [2.05, 4.69) is 15.3 Å². The lowest BCUT2D eigenvalue weighted by molar-refractivity contribution is 0.102. The number of carbonyl (C=O) groups excluding carboxylic acids is 1. The number of imidazole rings is 1. The zero-order chi connectivity index (χ0) is 22.9. The van der Waals surface area contributed by atoms with E-state index < -0.39 is 23.4 Å². The molecule has 8 heteroatoms. The first-order chi connectivity index (χ1) is 16.0. The lowest BCUT2D eigenvalue weighted by atomic mass is 10.1. The summed E-state index contributed by atoms with van der Waals surface area (Å²) in [4.78, 5) is 21.4. The van der Waals surface area contributed by atoms with Gasteiger partial charge in [0.2, 0.25) is 0 Å². The maximum Gasteiger partial charge on any atom is 0.274 e. The fourth-order valence-electron chi connectivity index (χ4n) is 3.55. The number of hydrogen-bond donors (Lipinski definition) is 1. The molecule has 5 nitrogen and oxygen atoms in total. The molecule has 0 aliphatic carbocycles. The average Bonchev–Trinajstić information content (AvgIpc) is 3.26. The van der Waals surface area contributed by atoms with Gasteiger partial charge in [-0.15, -0.1) is 0 Å². The van der Waals surface area contributed by atoms with Crippen LogP contribution in [0.1, 0.15) is 10.5 Å². The maximum absolute atomic E-state index is 14.4. The largest absolute Gasteiger partial charge is 0.321 e. The highest BCUT2D eigenvalue weighted by Gasteiger charge is 2.17. The summed E-state index contributed by atoms with van der Waals surface area (Å²) in [6, 6.07) is 17.9. The highest BCUT2D eigenvalue weighted by atomic mass is 19.2. The number of fused-ring (bicyclic) bond motifs is 1. The van der Waals surface area contributed by atoms with Crippen LogP contribution in [0.5, 0.6) is 0 Å². The Bertz CT molecular complexity index is 1500. The number of pyridine rings is 2. The molecule has 0 aliphatic heterocycles. The van der Waals surface area contributed by atoms with Crippen molar-refractivity contribution in [3.63, 3.8) is 0 Å². The molecular weight excluding hydrogens is 429 g/mol. The van der Waals surface area contributed by atoms with Gasteiger partial charge in [0.1, 0.15) is 17.3 Å². The van der Waals surface area contributed by atoms with Crippen LogP contribution in [0.3, 0.4) is 0 Å². The van der Waals surface area contributed by atoms with Crippen molar-refractivity contribution in [2.45, 2.75) is 0 Å². The normalized spacial score (nSPS) is 11.0. The summed E-state index contributed by atoms with van der Waals surface area (Å²) in [5, 5.41) is 2.68. The molecule has 0 bridgehead atoms. The van der Waals surface area contributed by atoms with E-state index in [1.54, 1.807) is 47.1 Å². The van der Waals surface area contributed by atoms with Crippen LogP contribution in [0.4, 0.5) is 18.9 Å². The second-order valence-electron chi connectivity index (χ2n) is 7.23. The van der Waals surface area contributed by atoms with Gasteiger partial charge in [-0.1, -0.05) is 12.1 Å². The topological polar surface area (TPSA) is 59.3 Å². The molecule has 0 fully saturated rings. The third-order valence-electron chi connectivity index (χ3n) is 5.12. The van der Waals surface area contributed by atoms with Crippen molar-refractivity contribution in [1.82, 2.24) is 14.4 Å². The number of nitrogens with zero attached hydrogens (tertiary/aromatic N) is 3. The van der Waals surface area contributed by atoms with Crippen LogP contribution in [0.2, 0.25) is 0 Å². The van der Waals surface area contributed by atoms with Gasteiger partial charge < -0.3 is 5.32 Å². The molecule has 33 heavy (non-hydrogen) atoms. The molecule has 2 aromatic carbocycles. The van der Waals surface area contributed by atoms with E-state index in [4.69, 9.17) is 0 Å². The predicted molar refractivity (Wildman–Crippen MR) is 118 cm³/mol. The second-order valence-corrected chi connectivity index (χ2v) is 7.23. The minimum atomic E-state index is -0.979. The number of hydrogen-bond acceptors (Lipinski definition) is 3. The average molecular weight is 444 g/mol. The fraction of sp³-hybridized carbons (Fsp3) is 0. The van der Waals surface area contributed by atoms with Crippen molar-refractivity contribution in [3.8, 4) is 22.6 Å². The van der Waals surface area contributed by atoms with Crippen LogP contribution in [0, 0.1) is 17.5 Å². The van der Waals surface area contributed by atoms with Gasteiger partial charge in [0.25, 0.3) is 5.91 Å². The number of nitrogens with one attached hydrogen (secondary N) is 1. The Kier molecular flexibility index (Phi) is 5.10. The highest BCUT2D eigenvalue weighted by Crippen LogP contribution is 2.29. The van der Waals surface area contributed by atoms with Gasteiger partial charge in [-0.05, 0) is 60.7 Å². The molecule has 0 radical (unpaired) electrons. The Balaban J connectivity index is 1.52. The van der Waals surface area contributed by atoms with Crippen molar-refractivity contribution in [1.29, 1.82) is 0 Å². The monoisotopic (exact) mass is 444 g/mol. The van der Waals surface area contributed by atoms with Gasteiger partial charge >= 0.3 is 0 Å². The number of halogens is 3. The van der Waals surface area contributed by atoms with E-state index in [1.165, 1.54) is 36.4 Å². The number of rotatable bonds is 4. The van der Waals surface area contributed by atoms with E-state index in [0.29, 0.717) is 22.5 Å². The zero-order valence-electron chi connectivity index (χ0n) is 17.0. The molecule has 5 aromatic rings. The second kappa shape index (κ2) is 8.23. The predicted octanol–water partition coefficient (Wildman–Crippen LogP) is 5.73. The molecule has 0 saturated carbocycles. The summed E-state index contributed by atoms with van der Waals surface area (Å²) < 4.78 is 42.8. The van der Waals surface area contributed by atoms with Crippen LogP contribution in [0.25, 0.3) is 28.2 Å². The van der Waals surface area contributed by atoms with Crippen molar-refractivity contribution in [3.05, 3.63) is 108 Å². The minimum absolute atomic E-state index is 0.0348. The summed E-state index contributed by atoms with van der Waals surface area (Å²) in [6.07, 6.45) is 3.23. The van der Waals surface area contributed by atoms with Crippen LogP contribution in [-0.2, 0) is 0 Å². The van der Waals surface area contributed by atoms with Crippen LogP contribution >= 0.6 is 0 Å². The first-order valence-corrected chi connectivity index (χ1v) is 9.96. The molecule has 1 amide bonds. The summed E-state index contributed by atoms with van der Waals surface area (Å²) in [5.74, 6) is -2.55. The Labute approximate surface area is 186 Å². The Hall–Kier alpha value is -4.46. The SMILES string of the molecule is O=C(Nc1ccc(F)cc1)c1cccc(-c2cccn3c(-c4cccc(F)c4F)ncc23)n1. The molecule has 0 spiro atoms. The standard InChI is InChI=1S/C25H15F3N4O/c26-15-9-11-16(12-10-15)30-25(33)21-8-2-7-20(31-21)17-5-3-13-32-22(17)14-29-24(32)18-4-1-6-19(27)23(18)28/h1-14H,(H,30,33). The Morgan fingerprint density at radius 2 is 1.61 bits per heavy atom. The van der Waals surface area contributed by atoms with Crippen LogP contribution < -0.4 is 5.32 Å². The molecule has 5 rings (SSSR count). The van der Waals surface area contributed by atoms with Gasteiger partial charge in [-0.3, -0.25) is 9.20 Å². The smallest absolute Gasteiger partial charge is 0.274 e. The Morgan fingerprint density at radius 1 is 0.848 bits per heavy atom. The zero-order valence-corrected chi connectivity index (χ0v) is 17.0. The molecule has 3 aromatic heterocycles. The third-order valence-corrected chi connectivity index (χ3v) is 5.12. The molecule has 0 atom stereocenters. The molecule has 0 aliphatic rings. The summed E-state index contributed by atoms with van der Waals surface area (Å²) in [7, 11) is 0. The number of aromatic nitrogens is 3. The highest BCUT2D eigenvalue weighted by molar-refractivity contribution is 6.03. The lowest BCUT2D eigenvalue weighted by Crippen LogP contribution is -2.13. The van der Waals surface area contributed by atoms with E-state index in [-0.39, 0.29) is 17.1 Å². The summed E-state index contributed by atoms with van der Waals surface area (Å²) in [6.45, 7) is 0. The van der Waals surface area contributed by atoms with Crippen LogP contribution in [-0.4, -0.2) is 20.3 Å². The van der Waals surface area contributed by atoms with Gasteiger partial charge in [0.05, 0.1) is 23.0 Å². The third kappa shape index (κ3) is 3.82. The number of anilines is 1. The maximum atomic E-state index is 14.4. The fourth-order valence-corrected chi connectivity index (χ4v) is 3.55. The van der Waals surface area contributed by atoms with E-state index in [0.717, 1.165) is 6.07 Å². The quantitative estimate of drug-likeness (QED) is 0.385. The number of benzene rings is 2. The molecule has 3 heterocycles. The van der Waals surface area contributed by atoms with Crippen molar-refractivity contribution in [2.75, 3.05) is 5.32 Å². The molecule has 0 unspecified atom stereocenters. The van der Waals surface area contributed by atoms with Gasteiger partial charge in [0.15, 0.2) is 11.6 Å². The van der Waals surface area contributed by atoms with Gasteiger partial charge in [-0.25, -0.2) is 23.1 Å². The summed E-state index contributed by atoms with van der Waals surface area (Å²) >= 11 is 0. The van der Waals surface area contributed by atoms with Crippen molar-refractivity contribution in [2.24, 2.45) is 0 Å². The Morgan fingerprint density at radius 3 is 2.42 bits per heavy atom. The van der Waals surface area contributed by atoms with E-state index in [1.807, 2.05) is 0 Å². The number of carbonyl (C=O) groups is 1. The lowest BCUT2D eigenvalue weighted by Gasteiger charge is -2.09. The van der Waals surface area contributed by atoms with E-state index >= 15 is 0 Å². The minimum Gasteiger partial charge on any atom is -0.321 e. The first-order valence-electron chi connectivity index (χ1n) is 9.96. The van der Waals surface area contributed by atoms with Crippen molar-refractivity contribution >= 4 is 17.1 Å².